The molecular weight excluding hydrogens is 286 g/mol. The number of nitrogens with one attached hydrogen (secondary N) is 1. The van der Waals surface area contributed by atoms with E-state index in [9.17, 15) is 0 Å². The Hall–Kier alpha value is -1.33. The molecule has 0 unspecified atom stereocenters. The molecule has 2 heterocycles. The Balaban J connectivity index is 1.98. The van der Waals surface area contributed by atoms with E-state index in [-0.39, 0.29) is 0 Å². The van der Waals surface area contributed by atoms with Crippen molar-refractivity contribution in [3.05, 3.63) is 35.9 Å². The molecule has 3 rings (SSSR count). The van der Waals surface area contributed by atoms with Gasteiger partial charge in [0.1, 0.15) is 10.8 Å². The van der Waals surface area contributed by atoms with E-state index >= 15 is 0 Å². The van der Waals surface area contributed by atoms with Gasteiger partial charge in [-0.05, 0) is 36.5 Å². The van der Waals surface area contributed by atoms with Crippen LogP contribution in [0.5, 0.6) is 0 Å². The summed E-state index contributed by atoms with van der Waals surface area (Å²) in [7, 11) is 0. The number of hydrogen-bond donors (Lipinski definition) is 2. The van der Waals surface area contributed by atoms with Crippen LogP contribution in [-0.4, -0.2) is 27.5 Å². The van der Waals surface area contributed by atoms with Gasteiger partial charge in [-0.1, -0.05) is 30.4 Å². The lowest BCUT2D eigenvalue weighted by molar-refractivity contribution is 0.664. The molecule has 0 amide bonds. The summed E-state index contributed by atoms with van der Waals surface area (Å²) in [6.07, 6.45) is 2.33. The van der Waals surface area contributed by atoms with E-state index in [1.165, 1.54) is 11.5 Å². The summed E-state index contributed by atoms with van der Waals surface area (Å²) in [6.45, 7) is 0. The maximum Gasteiger partial charge on any atom is 0.137 e. The van der Waals surface area contributed by atoms with Crippen LogP contribution < -0.4 is 11.1 Å². The summed E-state index contributed by atoms with van der Waals surface area (Å²) in [5.74, 6) is 3.23. The number of pyridine rings is 1. The number of anilines is 1. The van der Waals surface area contributed by atoms with Gasteiger partial charge in [0.05, 0.1) is 11.1 Å². The molecule has 0 radical (unpaired) electrons. The largest absolute Gasteiger partial charge is 0.389 e. The predicted octanol–water partition coefficient (Wildman–Crippen LogP) is 3.18. The minimum atomic E-state index is 0.399. The first-order valence-electron chi connectivity index (χ1n) is 6.78. The molecule has 3 nitrogen and oxygen atoms in total. The van der Waals surface area contributed by atoms with Crippen molar-refractivity contribution in [1.82, 2.24) is 4.98 Å². The van der Waals surface area contributed by atoms with Gasteiger partial charge in [0, 0.05) is 11.4 Å². The van der Waals surface area contributed by atoms with Crippen molar-refractivity contribution in [1.29, 1.82) is 0 Å². The minimum Gasteiger partial charge on any atom is -0.389 e. The lowest BCUT2D eigenvalue weighted by atomic mass is 10.1. The molecule has 3 N–H and O–H groups in total. The van der Waals surface area contributed by atoms with Gasteiger partial charge in [-0.3, -0.25) is 0 Å². The second-order valence-electron chi connectivity index (χ2n) is 4.97. The fourth-order valence-corrected chi connectivity index (χ4v) is 3.71. The van der Waals surface area contributed by atoms with Crippen LogP contribution in [0.25, 0.3) is 10.9 Å². The highest BCUT2D eigenvalue weighted by atomic mass is 32.2. The van der Waals surface area contributed by atoms with Crippen LogP contribution in [0.2, 0.25) is 0 Å². The molecule has 104 valence electrons. The molecule has 1 aliphatic heterocycles. The first-order chi connectivity index (χ1) is 9.74. The zero-order valence-electron chi connectivity index (χ0n) is 11.1. The molecule has 0 saturated carbocycles. The number of benzene rings is 1. The van der Waals surface area contributed by atoms with Crippen molar-refractivity contribution in [2.75, 3.05) is 16.8 Å². The average Bonchev–Trinajstić information content (AvgIpc) is 2.47. The Morgan fingerprint density at radius 2 is 2.05 bits per heavy atom. The summed E-state index contributed by atoms with van der Waals surface area (Å²) < 4.78 is 0. The highest BCUT2D eigenvalue weighted by Gasteiger charge is 2.17. The van der Waals surface area contributed by atoms with Gasteiger partial charge in [-0.15, -0.1) is 0 Å². The molecule has 1 saturated heterocycles. The van der Waals surface area contributed by atoms with Gasteiger partial charge in [0.25, 0.3) is 0 Å². The van der Waals surface area contributed by atoms with Gasteiger partial charge in [0.2, 0.25) is 0 Å². The summed E-state index contributed by atoms with van der Waals surface area (Å²) in [4.78, 5) is 5.10. The van der Waals surface area contributed by atoms with Crippen LogP contribution >= 0.6 is 24.0 Å². The van der Waals surface area contributed by atoms with E-state index < -0.39 is 0 Å². The van der Waals surface area contributed by atoms with E-state index in [0.29, 0.717) is 11.0 Å². The number of para-hydroxylation sites is 1. The van der Waals surface area contributed by atoms with E-state index in [0.717, 1.165) is 35.1 Å². The molecule has 1 fully saturated rings. The first-order valence-corrected chi connectivity index (χ1v) is 8.34. The monoisotopic (exact) mass is 303 g/mol. The third-order valence-electron chi connectivity index (χ3n) is 3.55. The zero-order chi connectivity index (χ0) is 13.9. The SMILES string of the molecule is NC(=S)c1cc2ccccc2nc1NC1CCSCC1. The number of aromatic nitrogens is 1. The molecule has 1 aromatic heterocycles. The molecule has 20 heavy (non-hydrogen) atoms. The topological polar surface area (TPSA) is 50.9 Å². The Kier molecular flexibility index (Phi) is 4.08. The third kappa shape index (κ3) is 2.88. The van der Waals surface area contributed by atoms with Crippen molar-refractivity contribution >= 4 is 45.7 Å². The summed E-state index contributed by atoms with van der Waals surface area (Å²) in [5.41, 5.74) is 7.67. The van der Waals surface area contributed by atoms with Crippen LogP contribution in [0.4, 0.5) is 5.82 Å². The van der Waals surface area contributed by atoms with Crippen LogP contribution in [0, 0.1) is 0 Å². The number of nitrogens with zero attached hydrogens (tertiary/aromatic N) is 1. The average molecular weight is 303 g/mol. The first kappa shape index (κ1) is 13.6. The summed E-state index contributed by atoms with van der Waals surface area (Å²) in [6, 6.07) is 10.5. The van der Waals surface area contributed by atoms with Gasteiger partial charge in [-0.2, -0.15) is 11.8 Å². The second-order valence-corrected chi connectivity index (χ2v) is 6.64. The lowest BCUT2D eigenvalue weighted by Gasteiger charge is -2.24. The molecule has 0 bridgehead atoms. The minimum absolute atomic E-state index is 0.399. The molecule has 1 aliphatic rings. The number of thioether (sulfide) groups is 1. The fraction of sp³-hybridized carbons (Fsp3) is 0.333. The molecule has 0 atom stereocenters. The molecule has 2 aromatic rings. The van der Waals surface area contributed by atoms with E-state index in [2.05, 4.69) is 5.32 Å². The fourth-order valence-electron chi connectivity index (χ4n) is 2.45. The van der Waals surface area contributed by atoms with Crippen molar-refractivity contribution in [2.24, 2.45) is 5.73 Å². The van der Waals surface area contributed by atoms with Gasteiger partial charge >= 0.3 is 0 Å². The number of nitrogens with two attached hydrogens (primary N) is 1. The number of thiocarbonyl (C=S) groups is 1. The van der Waals surface area contributed by atoms with Crippen LogP contribution in [0.15, 0.2) is 30.3 Å². The molecular formula is C15H17N3S2. The van der Waals surface area contributed by atoms with Crippen molar-refractivity contribution in [3.8, 4) is 0 Å². The van der Waals surface area contributed by atoms with E-state index in [4.69, 9.17) is 22.9 Å². The maximum absolute atomic E-state index is 5.86. The Bertz CT molecular complexity index is 636. The van der Waals surface area contributed by atoms with Gasteiger partial charge < -0.3 is 11.1 Å². The predicted molar refractivity (Wildman–Crippen MR) is 91.6 cm³/mol. The van der Waals surface area contributed by atoms with Crippen LogP contribution in [-0.2, 0) is 0 Å². The summed E-state index contributed by atoms with van der Waals surface area (Å²) in [5, 5.41) is 4.60. The quantitative estimate of drug-likeness (QED) is 0.853. The molecule has 5 heteroatoms. The second kappa shape index (κ2) is 5.97. The highest BCUT2D eigenvalue weighted by Crippen LogP contribution is 2.24. The maximum atomic E-state index is 5.86. The third-order valence-corrected chi connectivity index (χ3v) is 4.82. The van der Waals surface area contributed by atoms with Crippen molar-refractivity contribution in [3.63, 3.8) is 0 Å². The van der Waals surface area contributed by atoms with E-state index in [1.807, 2.05) is 42.1 Å². The molecule has 0 aliphatic carbocycles. The van der Waals surface area contributed by atoms with Crippen LogP contribution in [0.3, 0.4) is 0 Å². The number of hydrogen-bond acceptors (Lipinski definition) is 4. The standard InChI is InChI=1S/C15H17N3S2/c16-14(19)12-9-10-3-1-2-4-13(10)18-15(12)17-11-5-7-20-8-6-11/h1-4,9,11H,5-8H2,(H2,16,19)(H,17,18). The van der Waals surface area contributed by atoms with Crippen LogP contribution in [0.1, 0.15) is 18.4 Å². The Morgan fingerprint density at radius 3 is 2.80 bits per heavy atom. The molecule has 1 aromatic carbocycles. The highest BCUT2D eigenvalue weighted by molar-refractivity contribution is 7.99. The number of fused-ring (bicyclic) bond motifs is 1. The Morgan fingerprint density at radius 1 is 1.30 bits per heavy atom. The van der Waals surface area contributed by atoms with Crippen molar-refractivity contribution in [2.45, 2.75) is 18.9 Å². The molecule has 0 spiro atoms. The van der Waals surface area contributed by atoms with Crippen molar-refractivity contribution < 1.29 is 0 Å². The van der Waals surface area contributed by atoms with Gasteiger partial charge in [-0.25, -0.2) is 4.98 Å². The van der Waals surface area contributed by atoms with E-state index in [1.54, 1.807) is 0 Å². The summed E-state index contributed by atoms with van der Waals surface area (Å²) >= 11 is 7.19. The smallest absolute Gasteiger partial charge is 0.137 e. The number of rotatable bonds is 3. The van der Waals surface area contributed by atoms with Gasteiger partial charge in [0.15, 0.2) is 0 Å². The Labute approximate surface area is 128 Å². The zero-order valence-corrected chi connectivity index (χ0v) is 12.8. The normalized spacial score (nSPS) is 16.2. The lowest BCUT2D eigenvalue weighted by Crippen LogP contribution is -2.26.